The van der Waals surface area contributed by atoms with E-state index in [9.17, 15) is 0 Å². The SMILES string of the molecule is Cc1cc(N2Cc3ccccc3N(C)CC2C)n2ncnc2n1. The second-order valence-corrected chi connectivity index (χ2v) is 6.21. The first-order chi connectivity index (χ1) is 11.1. The minimum Gasteiger partial charge on any atom is -0.372 e. The fourth-order valence-electron chi connectivity index (χ4n) is 3.37. The molecule has 0 amide bonds. The van der Waals surface area contributed by atoms with Gasteiger partial charge in [-0.25, -0.2) is 4.98 Å². The summed E-state index contributed by atoms with van der Waals surface area (Å²) in [5.74, 6) is 1.70. The molecule has 2 aromatic heterocycles. The molecule has 0 saturated heterocycles. The summed E-state index contributed by atoms with van der Waals surface area (Å²) in [6.07, 6.45) is 1.56. The molecular weight excluding hydrogens is 288 g/mol. The van der Waals surface area contributed by atoms with E-state index < -0.39 is 0 Å². The fourth-order valence-corrected chi connectivity index (χ4v) is 3.37. The molecule has 6 heteroatoms. The molecule has 0 fully saturated rings. The smallest absolute Gasteiger partial charge is 0.254 e. The Morgan fingerprint density at radius 2 is 2.04 bits per heavy atom. The van der Waals surface area contributed by atoms with Crippen LogP contribution in [0.15, 0.2) is 36.7 Å². The van der Waals surface area contributed by atoms with Gasteiger partial charge in [-0.1, -0.05) is 18.2 Å². The molecular formula is C17H20N6. The molecule has 4 rings (SSSR count). The summed E-state index contributed by atoms with van der Waals surface area (Å²) in [5, 5.41) is 4.36. The second kappa shape index (κ2) is 5.22. The molecule has 1 unspecified atom stereocenters. The summed E-state index contributed by atoms with van der Waals surface area (Å²) in [4.78, 5) is 13.4. The van der Waals surface area contributed by atoms with Crippen LogP contribution in [0.2, 0.25) is 0 Å². The molecule has 1 aliphatic heterocycles. The number of benzene rings is 1. The van der Waals surface area contributed by atoms with E-state index in [1.807, 2.05) is 11.4 Å². The lowest BCUT2D eigenvalue weighted by Gasteiger charge is -2.30. The Hall–Kier alpha value is -2.63. The van der Waals surface area contributed by atoms with E-state index in [1.165, 1.54) is 11.3 Å². The number of likely N-dealkylation sites (N-methyl/N-ethyl adjacent to an activating group) is 1. The van der Waals surface area contributed by atoms with E-state index in [2.05, 4.69) is 69.2 Å². The Bertz CT molecular complexity index is 855. The summed E-state index contributed by atoms with van der Waals surface area (Å²) in [6.45, 7) is 6.05. The largest absolute Gasteiger partial charge is 0.372 e. The quantitative estimate of drug-likeness (QED) is 0.690. The van der Waals surface area contributed by atoms with E-state index in [1.54, 1.807) is 6.33 Å². The monoisotopic (exact) mass is 308 g/mol. The number of aromatic nitrogens is 4. The maximum atomic E-state index is 4.45. The Morgan fingerprint density at radius 3 is 2.91 bits per heavy atom. The molecule has 0 bridgehead atoms. The Labute approximate surface area is 135 Å². The van der Waals surface area contributed by atoms with E-state index in [-0.39, 0.29) is 0 Å². The molecule has 3 aromatic rings. The van der Waals surface area contributed by atoms with Crippen molar-refractivity contribution in [2.45, 2.75) is 26.4 Å². The van der Waals surface area contributed by atoms with Gasteiger partial charge in [0, 0.05) is 43.6 Å². The first-order valence-corrected chi connectivity index (χ1v) is 7.86. The second-order valence-electron chi connectivity index (χ2n) is 6.21. The van der Waals surface area contributed by atoms with Crippen LogP contribution in [0.5, 0.6) is 0 Å². The van der Waals surface area contributed by atoms with Crippen LogP contribution >= 0.6 is 0 Å². The van der Waals surface area contributed by atoms with Crippen molar-refractivity contribution in [2.75, 3.05) is 23.4 Å². The van der Waals surface area contributed by atoms with Crippen molar-refractivity contribution in [3.63, 3.8) is 0 Å². The molecule has 118 valence electrons. The van der Waals surface area contributed by atoms with E-state index in [0.717, 1.165) is 24.6 Å². The first-order valence-electron chi connectivity index (χ1n) is 7.86. The molecule has 3 heterocycles. The minimum absolute atomic E-state index is 0.349. The molecule has 1 atom stereocenters. The van der Waals surface area contributed by atoms with Crippen molar-refractivity contribution in [1.29, 1.82) is 0 Å². The van der Waals surface area contributed by atoms with E-state index in [4.69, 9.17) is 0 Å². The Morgan fingerprint density at radius 1 is 1.22 bits per heavy atom. The zero-order chi connectivity index (χ0) is 16.0. The lowest BCUT2D eigenvalue weighted by atomic mass is 10.1. The maximum absolute atomic E-state index is 4.45. The van der Waals surface area contributed by atoms with Gasteiger partial charge in [0.25, 0.3) is 5.78 Å². The standard InChI is InChI=1S/C17H20N6/c1-12-8-16(23-17(20-12)18-11-19-23)22-10-14-6-4-5-7-15(14)21(3)9-13(22)2/h4-8,11,13H,9-10H2,1-3H3. The number of hydrogen-bond acceptors (Lipinski definition) is 5. The predicted octanol–water partition coefficient (Wildman–Crippen LogP) is 2.28. The number of rotatable bonds is 1. The molecule has 0 aliphatic carbocycles. The van der Waals surface area contributed by atoms with Gasteiger partial charge in [-0.15, -0.1) is 0 Å². The summed E-state index contributed by atoms with van der Waals surface area (Å²) in [5.41, 5.74) is 3.57. The lowest BCUT2D eigenvalue weighted by molar-refractivity contribution is 0.626. The molecule has 0 N–H and O–H groups in total. The summed E-state index contributed by atoms with van der Waals surface area (Å²) in [6, 6.07) is 11.0. The first kappa shape index (κ1) is 14.0. The number of nitrogens with zero attached hydrogens (tertiary/aromatic N) is 6. The third-order valence-corrected chi connectivity index (χ3v) is 4.47. The molecule has 0 spiro atoms. The molecule has 6 nitrogen and oxygen atoms in total. The highest BCUT2D eigenvalue weighted by molar-refractivity contribution is 5.58. The van der Waals surface area contributed by atoms with Gasteiger partial charge in [0.2, 0.25) is 0 Å². The molecule has 0 radical (unpaired) electrons. The van der Waals surface area contributed by atoms with Crippen LogP contribution in [0.25, 0.3) is 5.78 Å². The number of hydrogen-bond donors (Lipinski definition) is 0. The zero-order valence-corrected chi connectivity index (χ0v) is 13.6. The van der Waals surface area contributed by atoms with Crippen LogP contribution in [0, 0.1) is 6.92 Å². The normalized spacial score (nSPS) is 18.1. The summed E-state index contributed by atoms with van der Waals surface area (Å²) in [7, 11) is 2.15. The van der Waals surface area contributed by atoms with Gasteiger partial charge in [-0.2, -0.15) is 14.6 Å². The number of anilines is 2. The zero-order valence-electron chi connectivity index (χ0n) is 13.6. The van der Waals surface area contributed by atoms with Crippen LogP contribution in [0.1, 0.15) is 18.2 Å². The average molecular weight is 308 g/mol. The molecule has 0 saturated carbocycles. The van der Waals surface area contributed by atoms with Gasteiger partial charge in [-0.3, -0.25) is 0 Å². The minimum atomic E-state index is 0.349. The van der Waals surface area contributed by atoms with Crippen molar-refractivity contribution in [2.24, 2.45) is 0 Å². The van der Waals surface area contributed by atoms with Crippen molar-refractivity contribution < 1.29 is 0 Å². The van der Waals surface area contributed by atoms with Crippen molar-refractivity contribution in [3.8, 4) is 0 Å². The van der Waals surface area contributed by atoms with Gasteiger partial charge < -0.3 is 9.80 Å². The average Bonchev–Trinajstić information content (AvgIpc) is 2.95. The van der Waals surface area contributed by atoms with Crippen LogP contribution in [0.3, 0.4) is 0 Å². The van der Waals surface area contributed by atoms with Crippen LogP contribution in [0.4, 0.5) is 11.5 Å². The predicted molar refractivity (Wildman–Crippen MR) is 90.9 cm³/mol. The van der Waals surface area contributed by atoms with Gasteiger partial charge in [0.05, 0.1) is 0 Å². The van der Waals surface area contributed by atoms with Crippen LogP contribution in [-0.2, 0) is 6.54 Å². The highest BCUT2D eigenvalue weighted by Crippen LogP contribution is 2.29. The summed E-state index contributed by atoms with van der Waals surface area (Å²) >= 11 is 0. The summed E-state index contributed by atoms with van der Waals surface area (Å²) < 4.78 is 1.83. The van der Waals surface area contributed by atoms with Gasteiger partial charge in [-0.05, 0) is 25.5 Å². The Kier molecular flexibility index (Phi) is 3.18. The number of aryl methyl sites for hydroxylation is 1. The van der Waals surface area contributed by atoms with Gasteiger partial charge >= 0.3 is 0 Å². The molecule has 1 aliphatic rings. The fraction of sp³-hybridized carbons (Fsp3) is 0.353. The number of para-hydroxylation sites is 1. The van der Waals surface area contributed by atoms with Crippen molar-refractivity contribution in [1.82, 2.24) is 19.6 Å². The Balaban J connectivity index is 1.86. The van der Waals surface area contributed by atoms with Gasteiger partial charge in [0.15, 0.2) is 0 Å². The van der Waals surface area contributed by atoms with E-state index in [0.29, 0.717) is 11.8 Å². The number of fused-ring (bicyclic) bond motifs is 2. The molecule has 23 heavy (non-hydrogen) atoms. The van der Waals surface area contributed by atoms with Crippen molar-refractivity contribution >= 4 is 17.3 Å². The van der Waals surface area contributed by atoms with Crippen molar-refractivity contribution in [3.05, 3.63) is 47.9 Å². The highest BCUT2D eigenvalue weighted by Gasteiger charge is 2.25. The highest BCUT2D eigenvalue weighted by atomic mass is 15.4. The topological polar surface area (TPSA) is 49.6 Å². The van der Waals surface area contributed by atoms with E-state index >= 15 is 0 Å². The third-order valence-electron chi connectivity index (χ3n) is 4.47. The lowest BCUT2D eigenvalue weighted by Crippen LogP contribution is -2.39. The molecule has 1 aromatic carbocycles. The third kappa shape index (κ3) is 2.30. The van der Waals surface area contributed by atoms with Gasteiger partial charge in [0.1, 0.15) is 12.1 Å². The maximum Gasteiger partial charge on any atom is 0.254 e. The van der Waals surface area contributed by atoms with Crippen LogP contribution in [-0.4, -0.2) is 39.2 Å². The van der Waals surface area contributed by atoms with Crippen LogP contribution < -0.4 is 9.80 Å².